The van der Waals surface area contributed by atoms with Crippen LogP contribution in [0, 0.1) is 0 Å². The Labute approximate surface area is 124 Å². The molecule has 104 valence electrons. The molecule has 0 spiro atoms. The van der Waals surface area contributed by atoms with Crippen LogP contribution in [-0.4, -0.2) is 42.3 Å². The first-order valence-corrected chi connectivity index (χ1v) is 7.12. The van der Waals surface area contributed by atoms with E-state index in [4.69, 9.17) is 9.47 Å². The van der Waals surface area contributed by atoms with Crippen molar-refractivity contribution in [3.05, 3.63) is 34.8 Å². The van der Waals surface area contributed by atoms with E-state index >= 15 is 0 Å². The van der Waals surface area contributed by atoms with Gasteiger partial charge in [-0.15, -0.1) is 0 Å². The first kappa shape index (κ1) is 13.2. The summed E-state index contributed by atoms with van der Waals surface area (Å²) in [6.07, 6.45) is -0.273. The van der Waals surface area contributed by atoms with Crippen LogP contribution in [0.4, 0.5) is 4.79 Å². The monoisotopic (exact) mass is 336 g/mol. The normalized spacial score (nSPS) is 14.7. The maximum absolute atomic E-state index is 11.3. The Hall–Kier alpha value is -1.82. The molecule has 0 bridgehead atoms. The molecule has 2 aromatic rings. The van der Waals surface area contributed by atoms with E-state index in [0.717, 1.165) is 15.4 Å². The SMILES string of the molecule is O=C1OCCN1CCOc1ccc2cc(Br)ccc2n1. The van der Waals surface area contributed by atoms with Crippen LogP contribution in [-0.2, 0) is 4.74 Å². The quantitative estimate of drug-likeness (QED) is 0.861. The highest BCUT2D eigenvalue weighted by Crippen LogP contribution is 2.20. The summed E-state index contributed by atoms with van der Waals surface area (Å²) in [6, 6.07) is 9.68. The lowest BCUT2D eigenvalue weighted by Gasteiger charge is -2.12. The van der Waals surface area contributed by atoms with Gasteiger partial charge in [-0.3, -0.25) is 0 Å². The molecule has 20 heavy (non-hydrogen) atoms. The van der Waals surface area contributed by atoms with Crippen LogP contribution in [0.15, 0.2) is 34.8 Å². The van der Waals surface area contributed by atoms with E-state index < -0.39 is 0 Å². The molecular weight excluding hydrogens is 324 g/mol. The number of halogens is 1. The summed E-state index contributed by atoms with van der Waals surface area (Å²) in [4.78, 5) is 17.3. The number of benzene rings is 1. The van der Waals surface area contributed by atoms with Crippen molar-refractivity contribution in [1.82, 2.24) is 9.88 Å². The van der Waals surface area contributed by atoms with Crippen LogP contribution in [0.5, 0.6) is 5.88 Å². The van der Waals surface area contributed by atoms with Gasteiger partial charge in [0.1, 0.15) is 13.2 Å². The average molecular weight is 337 g/mol. The number of amides is 1. The molecule has 2 heterocycles. The molecule has 1 saturated heterocycles. The molecule has 6 heteroatoms. The Kier molecular flexibility index (Phi) is 3.73. The Morgan fingerprint density at radius 2 is 2.25 bits per heavy atom. The fourth-order valence-electron chi connectivity index (χ4n) is 2.05. The van der Waals surface area contributed by atoms with Crippen molar-refractivity contribution < 1.29 is 14.3 Å². The smallest absolute Gasteiger partial charge is 0.410 e. The zero-order chi connectivity index (χ0) is 13.9. The van der Waals surface area contributed by atoms with Crippen LogP contribution < -0.4 is 4.74 Å². The maximum atomic E-state index is 11.3. The number of carbonyl (C=O) groups excluding carboxylic acids is 1. The number of carbonyl (C=O) groups is 1. The zero-order valence-electron chi connectivity index (χ0n) is 10.7. The topological polar surface area (TPSA) is 51.7 Å². The van der Waals surface area contributed by atoms with E-state index in [-0.39, 0.29) is 6.09 Å². The second kappa shape index (κ2) is 5.66. The molecule has 0 unspecified atom stereocenters. The zero-order valence-corrected chi connectivity index (χ0v) is 12.3. The number of hydrogen-bond donors (Lipinski definition) is 0. The number of pyridine rings is 1. The van der Waals surface area contributed by atoms with Gasteiger partial charge in [-0.1, -0.05) is 15.9 Å². The third-order valence-corrected chi connectivity index (χ3v) is 3.58. The highest BCUT2D eigenvalue weighted by atomic mass is 79.9. The van der Waals surface area contributed by atoms with Crippen molar-refractivity contribution >= 4 is 32.9 Å². The van der Waals surface area contributed by atoms with E-state index in [2.05, 4.69) is 20.9 Å². The Morgan fingerprint density at radius 3 is 3.05 bits per heavy atom. The minimum absolute atomic E-state index is 0.273. The van der Waals surface area contributed by atoms with E-state index in [1.165, 1.54) is 0 Å². The number of nitrogens with zero attached hydrogens (tertiary/aromatic N) is 2. The second-order valence-electron chi connectivity index (χ2n) is 4.44. The first-order valence-electron chi connectivity index (χ1n) is 6.33. The lowest BCUT2D eigenvalue weighted by molar-refractivity contribution is 0.152. The molecule has 3 rings (SSSR count). The van der Waals surface area contributed by atoms with Gasteiger partial charge in [0.2, 0.25) is 5.88 Å². The molecule has 0 atom stereocenters. The highest BCUT2D eigenvalue weighted by molar-refractivity contribution is 9.10. The number of ether oxygens (including phenoxy) is 2. The van der Waals surface area contributed by atoms with Gasteiger partial charge in [-0.05, 0) is 24.3 Å². The van der Waals surface area contributed by atoms with Crippen molar-refractivity contribution in [2.45, 2.75) is 0 Å². The van der Waals surface area contributed by atoms with Gasteiger partial charge in [0.25, 0.3) is 0 Å². The number of hydrogen-bond acceptors (Lipinski definition) is 4. The highest BCUT2D eigenvalue weighted by Gasteiger charge is 2.21. The molecule has 1 aliphatic rings. The third-order valence-electron chi connectivity index (χ3n) is 3.08. The lowest BCUT2D eigenvalue weighted by atomic mass is 10.2. The largest absolute Gasteiger partial charge is 0.476 e. The lowest BCUT2D eigenvalue weighted by Crippen LogP contribution is -2.29. The number of rotatable bonds is 4. The summed E-state index contributed by atoms with van der Waals surface area (Å²) in [5.41, 5.74) is 0.881. The van der Waals surface area contributed by atoms with Crippen LogP contribution in [0.25, 0.3) is 10.9 Å². The number of fused-ring (bicyclic) bond motifs is 1. The summed E-state index contributed by atoms with van der Waals surface area (Å²) < 4.78 is 11.5. The molecule has 1 aliphatic heterocycles. The van der Waals surface area contributed by atoms with Gasteiger partial charge in [-0.2, -0.15) is 0 Å². The van der Waals surface area contributed by atoms with Crippen molar-refractivity contribution in [2.24, 2.45) is 0 Å². The van der Waals surface area contributed by atoms with Gasteiger partial charge in [0, 0.05) is 15.9 Å². The fraction of sp³-hybridized carbons (Fsp3) is 0.286. The van der Waals surface area contributed by atoms with Crippen LogP contribution in [0.3, 0.4) is 0 Å². The molecule has 0 aliphatic carbocycles. The van der Waals surface area contributed by atoms with Crippen molar-refractivity contribution in [3.8, 4) is 5.88 Å². The maximum Gasteiger partial charge on any atom is 0.410 e. The minimum atomic E-state index is -0.273. The Morgan fingerprint density at radius 1 is 1.35 bits per heavy atom. The Bertz CT molecular complexity index is 647. The van der Waals surface area contributed by atoms with E-state index in [0.29, 0.717) is 32.2 Å². The van der Waals surface area contributed by atoms with Crippen LogP contribution >= 0.6 is 15.9 Å². The molecule has 0 N–H and O–H groups in total. The molecule has 0 saturated carbocycles. The minimum Gasteiger partial charge on any atom is -0.476 e. The second-order valence-corrected chi connectivity index (χ2v) is 5.35. The fourth-order valence-corrected chi connectivity index (χ4v) is 2.43. The summed E-state index contributed by atoms with van der Waals surface area (Å²) in [5.74, 6) is 0.562. The third kappa shape index (κ3) is 2.85. The van der Waals surface area contributed by atoms with E-state index in [1.807, 2.05) is 30.3 Å². The average Bonchev–Trinajstić information content (AvgIpc) is 2.85. The van der Waals surface area contributed by atoms with Gasteiger partial charge < -0.3 is 14.4 Å². The summed E-state index contributed by atoms with van der Waals surface area (Å²) in [6.45, 7) is 2.01. The van der Waals surface area contributed by atoms with Gasteiger partial charge >= 0.3 is 6.09 Å². The van der Waals surface area contributed by atoms with Crippen molar-refractivity contribution in [1.29, 1.82) is 0 Å². The van der Waals surface area contributed by atoms with E-state index in [1.54, 1.807) is 4.90 Å². The molecule has 5 nitrogen and oxygen atoms in total. The standard InChI is InChI=1S/C14H13BrN2O3/c15-11-2-3-12-10(9-11)1-4-13(16-12)19-7-5-17-6-8-20-14(17)18/h1-4,9H,5-8H2. The van der Waals surface area contributed by atoms with Gasteiger partial charge in [0.05, 0.1) is 18.6 Å². The molecule has 0 radical (unpaired) electrons. The van der Waals surface area contributed by atoms with Gasteiger partial charge in [0.15, 0.2) is 0 Å². The molecule has 1 amide bonds. The molecule has 1 aromatic heterocycles. The van der Waals surface area contributed by atoms with Crippen LogP contribution in [0.1, 0.15) is 0 Å². The number of cyclic esters (lactones) is 1. The Balaban J connectivity index is 1.63. The first-order chi connectivity index (χ1) is 9.72. The van der Waals surface area contributed by atoms with Crippen LogP contribution in [0.2, 0.25) is 0 Å². The van der Waals surface area contributed by atoms with Gasteiger partial charge in [-0.25, -0.2) is 9.78 Å². The molecular formula is C14H13BrN2O3. The summed E-state index contributed by atoms with van der Waals surface area (Å²) in [5, 5.41) is 1.05. The van der Waals surface area contributed by atoms with Crippen molar-refractivity contribution in [2.75, 3.05) is 26.3 Å². The number of aromatic nitrogens is 1. The molecule has 1 fully saturated rings. The summed E-state index contributed by atoms with van der Waals surface area (Å²) >= 11 is 3.43. The predicted octanol–water partition coefficient (Wildman–Crippen LogP) is 2.83. The predicted molar refractivity (Wildman–Crippen MR) is 77.9 cm³/mol. The summed E-state index contributed by atoms with van der Waals surface area (Å²) in [7, 11) is 0. The van der Waals surface area contributed by atoms with E-state index in [9.17, 15) is 4.79 Å². The van der Waals surface area contributed by atoms with Crippen molar-refractivity contribution in [3.63, 3.8) is 0 Å². The molecule has 1 aromatic carbocycles.